The molecule has 0 fully saturated rings. The van der Waals surface area contributed by atoms with Crippen molar-refractivity contribution in [1.82, 2.24) is 4.98 Å². The van der Waals surface area contributed by atoms with E-state index in [1.165, 1.54) is 0 Å². The highest BCUT2D eigenvalue weighted by molar-refractivity contribution is 4.98. The molecule has 0 saturated carbocycles. The molecule has 4 heteroatoms. The third kappa shape index (κ3) is 3.89. The van der Waals surface area contributed by atoms with Gasteiger partial charge < -0.3 is 14.9 Å². The zero-order valence-electron chi connectivity index (χ0n) is 8.82. The first-order valence-corrected chi connectivity index (χ1v) is 4.90. The Morgan fingerprint density at radius 3 is 3.07 bits per heavy atom. The van der Waals surface area contributed by atoms with Crippen LogP contribution in [-0.2, 0) is 17.6 Å². The molecule has 0 aliphatic rings. The van der Waals surface area contributed by atoms with Gasteiger partial charge in [0.1, 0.15) is 6.26 Å². The summed E-state index contributed by atoms with van der Waals surface area (Å²) in [4.78, 5) is 4.32. The highest BCUT2D eigenvalue weighted by atomic mass is 16.5. The number of aryl methyl sites for hydroxylation is 1. The summed E-state index contributed by atoms with van der Waals surface area (Å²) in [5, 5.41) is 0. The molecule has 0 aromatic carbocycles. The first-order valence-electron chi connectivity index (χ1n) is 4.90. The molecule has 0 amide bonds. The molecule has 1 aromatic heterocycles. The van der Waals surface area contributed by atoms with Crippen LogP contribution in [0.4, 0.5) is 0 Å². The quantitative estimate of drug-likeness (QED) is 0.696. The molecule has 0 radical (unpaired) electrons. The van der Waals surface area contributed by atoms with Gasteiger partial charge in [0.25, 0.3) is 0 Å². The summed E-state index contributed by atoms with van der Waals surface area (Å²) in [6.07, 6.45) is 4.22. The van der Waals surface area contributed by atoms with Crippen LogP contribution >= 0.6 is 0 Å². The van der Waals surface area contributed by atoms with E-state index in [1.807, 2.05) is 6.92 Å². The van der Waals surface area contributed by atoms with E-state index < -0.39 is 0 Å². The van der Waals surface area contributed by atoms with Crippen LogP contribution < -0.4 is 5.73 Å². The van der Waals surface area contributed by atoms with Gasteiger partial charge in [0.15, 0.2) is 5.89 Å². The van der Waals surface area contributed by atoms with Gasteiger partial charge in [0.05, 0.1) is 5.69 Å². The van der Waals surface area contributed by atoms with Crippen molar-refractivity contribution in [2.75, 3.05) is 13.7 Å². The van der Waals surface area contributed by atoms with E-state index in [2.05, 4.69) is 4.98 Å². The lowest BCUT2D eigenvalue weighted by atomic mass is 10.2. The number of oxazole rings is 1. The van der Waals surface area contributed by atoms with Crippen molar-refractivity contribution < 1.29 is 9.15 Å². The van der Waals surface area contributed by atoms with Gasteiger partial charge in [-0.05, 0) is 13.3 Å². The van der Waals surface area contributed by atoms with Gasteiger partial charge >= 0.3 is 0 Å². The highest BCUT2D eigenvalue weighted by Crippen LogP contribution is 2.06. The molecule has 0 aliphatic heterocycles. The average Bonchev–Trinajstić information content (AvgIpc) is 2.52. The molecule has 1 rings (SSSR count). The van der Waals surface area contributed by atoms with E-state index in [0.717, 1.165) is 37.5 Å². The Hall–Kier alpha value is -0.870. The minimum Gasteiger partial charge on any atom is -0.449 e. The van der Waals surface area contributed by atoms with Crippen molar-refractivity contribution in [3.63, 3.8) is 0 Å². The van der Waals surface area contributed by atoms with Gasteiger partial charge in [0.2, 0.25) is 0 Å². The van der Waals surface area contributed by atoms with E-state index in [9.17, 15) is 0 Å². The van der Waals surface area contributed by atoms with Gasteiger partial charge in [0, 0.05) is 32.6 Å². The number of methoxy groups -OCH3 is 1. The van der Waals surface area contributed by atoms with Crippen LogP contribution in [0.5, 0.6) is 0 Å². The molecule has 1 aromatic rings. The second kappa shape index (κ2) is 5.78. The van der Waals surface area contributed by atoms with Crippen molar-refractivity contribution >= 4 is 0 Å². The van der Waals surface area contributed by atoms with Crippen LogP contribution in [0.2, 0.25) is 0 Å². The molecule has 1 unspecified atom stereocenters. The summed E-state index contributed by atoms with van der Waals surface area (Å²) < 4.78 is 10.2. The molecule has 0 aliphatic carbocycles. The molecule has 0 bridgehead atoms. The Balaban J connectivity index is 2.35. The van der Waals surface area contributed by atoms with E-state index in [0.29, 0.717) is 0 Å². The largest absolute Gasteiger partial charge is 0.449 e. The first-order chi connectivity index (χ1) is 6.72. The lowest BCUT2D eigenvalue weighted by Gasteiger charge is -1.98. The monoisotopic (exact) mass is 198 g/mol. The van der Waals surface area contributed by atoms with Crippen LogP contribution in [0.15, 0.2) is 10.7 Å². The van der Waals surface area contributed by atoms with E-state index >= 15 is 0 Å². The zero-order valence-corrected chi connectivity index (χ0v) is 8.82. The predicted molar refractivity (Wildman–Crippen MR) is 54.1 cm³/mol. The molecular weight excluding hydrogens is 180 g/mol. The number of hydrogen-bond acceptors (Lipinski definition) is 4. The number of nitrogens with zero attached hydrogens (tertiary/aromatic N) is 1. The molecule has 14 heavy (non-hydrogen) atoms. The lowest BCUT2D eigenvalue weighted by molar-refractivity contribution is 0.193. The van der Waals surface area contributed by atoms with Crippen LogP contribution in [0, 0.1) is 0 Å². The maximum atomic E-state index is 5.65. The van der Waals surface area contributed by atoms with E-state index in [4.69, 9.17) is 14.9 Å². The van der Waals surface area contributed by atoms with Crippen LogP contribution in [0.1, 0.15) is 24.9 Å². The van der Waals surface area contributed by atoms with Gasteiger partial charge in [-0.3, -0.25) is 0 Å². The molecule has 0 spiro atoms. The Labute approximate surface area is 84.5 Å². The minimum absolute atomic E-state index is 0.131. The maximum absolute atomic E-state index is 5.65. The first kappa shape index (κ1) is 11.2. The van der Waals surface area contributed by atoms with Crippen LogP contribution in [0.25, 0.3) is 0 Å². The van der Waals surface area contributed by atoms with Crippen molar-refractivity contribution in [2.45, 2.75) is 32.2 Å². The molecule has 1 heterocycles. The Morgan fingerprint density at radius 2 is 2.43 bits per heavy atom. The van der Waals surface area contributed by atoms with Gasteiger partial charge in [-0.25, -0.2) is 4.98 Å². The van der Waals surface area contributed by atoms with Crippen molar-refractivity contribution in [3.8, 4) is 0 Å². The number of ether oxygens (including phenoxy) is 1. The lowest BCUT2D eigenvalue weighted by Crippen LogP contribution is -2.17. The molecule has 80 valence electrons. The van der Waals surface area contributed by atoms with Gasteiger partial charge in [-0.15, -0.1) is 0 Å². The second-order valence-electron chi connectivity index (χ2n) is 3.51. The Kier molecular flexibility index (Phi) is 4.62. The summed E-state index contributed by atoms with van der Waals surface area (Å²) in [6.45, 7) is 2.70. The second-order valence-corrected chi connectivity index (χ2v) is 3.51. The third-order valence-electron chi connectivity index (χ3n) is 1.87. The fourth-order valence-corrected chi connectivity index (χ4v) is 1.26. The minimum atomic E-state index is 0.131. The zero-order chi connectivity index (χ0) is 10.4. The van der Waals surface area contributed by atoms with E-state index in [-0.39, 0.29) is 6.04 Å². The fraction of sp³-hybridized carbons (Fsp3) is 0.700. The van der Waals surface area contributed by atoms with Crippen molar-refractivity contribution in [2.24, 2.45) is 5.73 Å². The fourth-order valence-electron chi connectivity index (χ4n) is 1.26. The normalized spacial score (nSPS) is 13.1. The number of aromatic nitrogens is 1. The van der Waals surface area contributed by atoms with E-state index in [1.54, 1.807) is 13.4 Å². The number of nitrogens with two attached hydrogens (primary N) is 1. The van der Waals surface area contributed by atoms with Crippen molar-refractivity contribution in [3.05, 3.63) is 17.8 Å². The summed E-state index contributed by atoms with van der Waals surface area (Å²) >= 11 is 0. The number of rotatable bonds is 6. The number of hydrogen-bond donors (Lipinski definition) is 1. The van der Waals surface area contributed by atoms with Crippen molar-refractivity contribution in [1.29, 1.82) is 0 Å². The summed E-state index contributed by atoms with van der Waals surface area (Å²) in [7, 11) is 1.69. The van der Waals surface area contributed by atoms with Gasteiger partial charge in [-0.1, -0.05) is 0 Å². The predicted octanol–water partition coefficient (Wildman–Crippen LogP) is 1.14. The summed E-state index contributed by atoms with van der Waals surface area (Å²) in [6, 6.07) is 0.131. The third-order valence-corrected chi connectivity index (χ3v) is 1.87. The van der Waals surface area contributed by atoms with Crippen LogP contribution in [0.3, 0.4) is 0 Å². The molecule has 1 atom stereocenters. The topological polar surface area (TPSA) is 61.3 Å². The molecule has 0 saturated heterocycles. The molecule has 2 N–H and O–H groups in total. The Morgan fingerprint density at radius 1 is 1.64 bits per heavy atom. The molecule has 4 nitrogen and oxygen atoms in total. The Bertz CT molecular complexity index is 258. The SMILES string of the molecule is COCCCc1nc(CC(C)N)co1. The van der Waals surface area contributed by atoms with Crippen LogP contribution in [-0.4, -0.2) is 24.7 Å². The summed E-state index contributed by atoms with van der Waals surface area (Å²) in [5.74, 6) is 0.776. The summed E-state index contributed by atoms with van der Waals surface area (Å²) in [5.41, 5.74) is 6.59. The maximum Gasteiger partial charge on any atom is 0.194 e. The smallest absolute Gasteiger partial charge is 0.194 e. The van der Waals surface area contributed by atoms with Gasteiger partial charge in [-0.2, -0.15) is 0 Å². The standard InChI is InChI=1S/C10H18N2O2/c1-8(11)6-9-7-14-10(12-9)4-3-5-13-2/h7-8H,3-6,11H2,1-2H3. The highest BCUT2D eigenvalue weighted by Gasteiger charge is 2.05. The average molecular weight is 198 g/mol. The molecular formula is C10H18N2O2.